The minimum absolute atomic E-state index is 0.0426. The lowest BCUT2D eigenvalue weighted by molar-refractivity contribution is -0.139. The quantitative estimate of drug-likeness (QED) is 0.497. The maximum absolute atomic E-state index is 12.1. The lowest BCUT2D eigenvalue weighted by atomic mass is 9.96. The Morgan fingerprint density at radius 2 is 1.84 bits per heavy atom. The van der Waals surface area contributed by atoms with E-state index in [1.807, 2.05) is 24.3 Å². The van der Waals surface area contributed by atoms with Crippen LogP contribution in [0.25, 0.3) is 0 Å². The molecule has 1 heterocycles. The average Bonchev–Trinajstić information content (AvgIpc) is 2.63. The van der Waals surface area contributed by atoms with Crippen molar-refractivity contribution in [2.75, 3.05) is 26.9 Å². The Kier molecular flexibility index (Phi) is 12.5. The van der Waals surface area contributed by atoms with Gasteiger partial charge in [-0.3, -0.25) is 9.38 Å². The SMILES string of the molecule is C=C/C=C\C=C\CC1C=C(C(=O)OCC)C(C(=O)OCC)=NC1.CF. The molecule has 1 unspecified atom stereocenters. The van der Waals surface area contributed by atoms with Crippen molar-refractivity contribution in [2.45, 2.75) is 20.3 Å². The van der Waals surface area contributed by atoms with Crippen LogP contribution in [0, 0.1) is 5.92 Å². The van der Waals surface area contributed by atoms with Gasteiger partial charge in [-0.05, 0) is 20.3 Å². The summed E-state index contributed by atoms with van der Waals surface area (Å²) in [5, 5.41) is 0. The second-order valence-corrected chi connectivity index (χ2v) is 4.76. The van der Waals surface area contributed by atoms with E-state index >= 15 is 0 Å². The average molecular weight is 351 g/mol. The molecule has 0 saturated carbocycles. The number of carbonyl (C=O) groups excluding carboxylic acids is 2. The summed E-state index contributed by atoms with van der Waals surface area (Å²) in [7, 11) is 0.500. The Hall–Kier alpha value is -2.50. The van der Waals surface area contributed by atoms with Crippen molar-refractivity contribution in [1.29, 1.82) is 0 Å². The van der Waals surface area contributed by atoms with Gasteiger partial charge in [0.25, 0.3) is 0 Å². The molecule has 0 fully saturated rings. The number of ether oxygens (including phenoxy) is 2. The van der Waals surface area contributed by atoms with E-state index in [4.69, 9.17) is 9.47 Å². The number of hydrogen-bond donors (Lipinski definition) is 0. The first-order chi connectivity index (χ1) is 12.1. The summed E-state index contributed by atoms with van der Waals surface area (Å²) in [4.78, 5) is 28.2. The zero-order chi connectivity index (χ0) is 19.1. The van der Waals surface area contributed by atoms with Crippen LogP contribution in [0.3, 0.4) is 0 Å². The molecule has 0 aromatic carbocycles. The number of rotatable bonds is 8. The van der Waals surface area contributed by atoms with Crippen molar-refractivity contribution in [3.05, 3.63) is 48.6 Å². The monoisotopic (exact) mass is 351 g/mol. The molecule has 25 heavy (non-hydrogen) atoms. The molecule has 1 aliphatic heterocycles. The summed E-state index contributed by atoms with van der Waals surface area (Å²) >= 11 is 0. The van der Waals surface area contributed by atoms with Crippen molar-refractivity contribution in [2.24, 2.45) is 10.9 Å². The molecule has 0 aromatic heterocycles. The van der Waals surface area contributed by atoms with Crippen molar-refractivity contribution in [1.82, 2.24) is 0 Å². The molecule has 0 N–H and O–H groups in total. The number of esters is 2. The number of alkyl halides is 1. The zero-order valence-electron chi connectivity index (χ0n) is 15.0. The zero-order valence-corrected chi connectivity index (χ0v) is 15.0. The van der Waals surface area contributed by atoms with E-state index < -0.39 is 11.9 Å². The Morgan fingerprint density at radius 1 is 1.20 bits per heavy atom. The van der Waals surface area contributed by atoms with E-state index in [2.05, 4.69) is 11.6 Å². The minimum Gasteiger partial charge on any atom is -0.462 e. The minimum atomic E-state index is -0.588. The molecule has 5 nitrogen and oxygen atoms in total. The van der Waals surface area contributed by atoms with Crippen LogP contribution in [0.2, 0.25) is 0 Å². The molecular weight excluding hydrogens is 325 g/mol. The summed E-state index contributed by atoms with van der Waals surface area (Å²) in [6, 6.07) is 0. The van der Waals surface area contributed by atoms with Gasteiger partial charge in [-0.15, -0.1) is 0 Å². The second kappa shape index (κ2) is 13.9. The van der Waals surface area contributed by atoms with Gasteiger partial charge in [0.05, 0.1) is 26.0 Å². The van der Waals surface area contributed by atoms with Gasteiger partial charge in [0.1, 0.15) is 0 Å². The Morgan fingerprint density at radius 3 is 2.44 bits per heavy atom. The third kappa shape index (κ3) is 8.24. The van der Waals surface area contributed by atoms with Crippen LogP contribution in [0.15, 0.2) is 53.6 Å². The number of carbonyl (C=O) groups is 2. The number of dihydropyridines is 1. The normalized spacial score (nSPS) is 16.6. The summed E-state index contributed by atoms with van der Waals surface area (Å²) in [5.41, 5.74) is 0.244. The molecule has 1 atom stereocenters. The first-order valence-electron chi connectivity index (χ1n) is 8.06. The van der Waals surface area contributed by atoms with Gasteiger partial charge in [-0.2, -0.15) is 0 Å². The van der Waals surface area contributed by atoms with Gasteiger partial charge in [0, 0.05) is 12.5 Å². The van der Waals surface area contributed by atoms with Gasteiger partial charge >= 0.3 is 11.9 Å². The molecular formula is C19H26FNO4. The van der Waals surface area contributed by atoms with E-state index in [0.29, 0.717) is 20.1 Å². The van der Waals surface area contributed by atoms with Crippen LogP contribution in [0.4, 0.5) is 4.39 Å². The summed E-state index contributed by atoms with van der Waals surface area (Å²) in [6.45, 7) is 7.92. The molecule has 1 aliphatic rings. The number of aliphatic imine (C=N–C) groups is 1. The smallest absolute Gasteiger partial charge is 0.357 e. The van der Waals surface area contributed by atoms with E-state index in [1.54, 1.807) is 26.0 Å². The van der Waals surface area contributed by atoms with Gasteiger partial charge < -0.3 is 9.47 Å². The van der Waals surface area contributed by atoms with Crippen molar-refractivity contribution >= 4 is 17.7 Å². The maximum Gasteiger partial charge on any atom is 0.357 e. The van der Waals surface area contributed by atoms with E-state index in [-0.39, 0.29) is 30.4 Å². The van der Waals surface area contributed by atoms with E-state index in [1.165, 1.54) is 0 Å². The topological polar surface area (TPSA) is 65.0 Å². The molecule has 0 bridgehead atoms. The van der Waals surface area contributed by atoms with Gasteiger partial charge in [0.2, 0.25) is 0 Å². The molecule has 0 spiro atoms. The third-order valence-corrected chi connectivity index (χ3v) is 3.04. The highest BCUT2D eigenvalue weighted by Crippen LogP contribution is 2.19. The molecule has 0 amide bonds. The summed E-state index contributed by atoms with van der Waals surface area (Å²) < 4.78 is 19.5. The van der Waals surface area contributed by atoms with Crippen molar-refractivity contribution in [3.63, 3.8) is 0 Å². The Labute approximate surface area is 148 Å². The van der Waals surface area contributed by atoms with Crippen molar-refractivity contribution < 1.29 is 23.5 Å². The maximum atomic E-state index is 12.1. The van der Waals surface area contributed by atoms with E-state index in [0.717, 1.165) is 0 Å². The lowest BCUT2D eigenvalue weighted by Crippen LogP contribution is -2.29. The first-order valence-corrected chi connectivity index (χ1v) is 8.06. The van der Waals surface area contributed by atoms with Crippen LogP contribution in [0.1, 0.15) is 20.3 Å². The molecule has 1 rings (SSSR count). The molecule has 6 heteroatoms. The number of nitrogens with zero attached hydrogens (tertiary/aromatic N) is 1. The number of hydrogen-bond acceptors (Lipinski definition) is 5. The lowest BCUT2D eigenvalue weighted by Gasteiger charge is -2.18. The first kappa shape index (κ1) is 22.5. The van der Waals surface area contributed by atoms with Crippen LogP contribution >= 0.6 is 0 Å². The molecule has 0 radical (unpaired) electrons. The van der Waals surface area contributed by atoms with Crippen molar-refractivity contribution in [3.8, 4) is 0 Å². The fourth-order valence-corrected chi connectivity index (χ4v) is 2.03. The Balaban J connectivity index is 0.00000277. The number of allylic oxidation sites excluding steroid dienone is 5. The highest BCUT2D eigenvalue weighted by Gasteiger charge is 2.28. The predicted octanol–water partition coefficient (Wildman–Crippen LogP) is 3.38. The fraction of sp³-hybridized carbons (Fsp3) is 0.421. The summed E-state index contributed by atoms with van der Waals surface area (Å²) in [5.74, 6) is -1.09. The van der Waals surface area contributed by atoms with Crippen LogP contribution < -0.4 is 0 Å². The predicted molar refractivity (Wildman–Crippen MR) is 97.3 cm³/mol. The highest BCUT2D eigenvalue weighted by atomic mass is 19.1. The summed E-state index contributed by atoms with van der Waals surface area (Å²) in [6.07, 6.45) is 11.7. The van der Waals surface area contributed by atoms with Crippen LogP contribution in [-0.4, -0.2) is 44.6 Å². The second-order valence-electron chi connectivity index (χ2n) is 4.76. The highest BCUT2D eigenvalue weighted by molar-refractivity contribution is 6.49. The molecule has 138 valence electrons. The van der Waals surface area contributed by atoms with Gasteiger partial charge in [0.15, 0.2) is 5.71 Å². The number of halogens is 1. The van der Waals surface area contributed by atoms with Gasteiger partial charge in [-0.1, -0.05) is 43.0 Å². The third-order valence-electron chi connectivity index (χ3n) is 3.04. The molecule has 0 aliphatic carbocycles. The van der Waals surface area contributed by atoms with Crippen LogP contribution in [0.5, 0.6) is 0 Å². The standard InChI is InChI=1S/C18H23NO4.CH3F/c1-4-7-8-9-10-11-14-12-15(17(20)22-5-2)16(19-13-14)18(21)23-6-3;1-2/h4,7-10,12,14H,1,5-6,11,13H2,2-3H3;1H3/b8-7-,10-9+;. The van der Waals surface area contributed by atoms with E-state index in [9.17, 15) is 14.0 Å². The Bertz CT molecular complexity index is 562. The largest absolute Gasteiger partial charge is 0.462 e. The molecule has 0 aromatic rings. The van der Waals surface area contributed by atoms with Crippen LogP contribution in [-0.2, 0) is 19.1 Å². The fourth-order valence-electron chi connectivity index (χ4n) is 2.03. The van der Waals surface area contributed by atoms with Gasteiger partial charge in [-0.25, -0.2) is 9.59 Å². The molecule has 0 saturated heterocycles.